The molecule has 2 aromatic heterocycles. The molecule has 0 saturated carbocycles. The van der Waals surface area contributed by atoms with Crippen molar-refractivity contribution in [2.75, 3.05) is 0 Å². The lowest BCUT2D eigenvalue weighted by molar-refractivity contribution is 1.07. The van der Waals surface area contributed by atoms with Gasteiger partial charge in [0.25, 0.3) is 0 Å². The molecule has 2 heterocycles. The third kappa shape index (κ3) is 2.41. The van der Waals surface area contributed by atoms with Crippen molar-refractivity contribution in [3.63, 3.8) is 0 Å². The first-order valence-electron chi connectivity index (χ1n) is 9.67. The van der Waals surface area contributed by atoms with Gasteiger partial charge in [-0.2, -0.15) is 0 Å². The van der Waals surface area contributed by atoms with E-state index in [1.54, 1.807) is 0 Å². The predicted molar refractivity (Wildman–Crippen MR) is 125 cm³/mol. The van der Waals surface area contributed by atoms with Crippen LogP contribution >= 0.6 is 15.9 Å². The number of halogens is 1. The normalized spacial score (nSPS) is 11.6. The summed E-state index contributed by atoms with van der Waals surface area (Å²) in [6, 6.07) is 36.5. The molecule has 0 aliphatic heterocycles. The van der Waals surface area contributed by atoms with E-state index >= 15 is 0 Å². The van der Waals surface area contributed by atoms with Gasteiger partial charge < -0.3 is 0 Å². The summed E-state index contributed by atoms with van der Waals surface area (Å²) in [6.07, 6.45) is 0. The van der Waals surface area contributed by atoms with E-state index in [4.69, 9.17) is 0 Å². The molecule has 0 unspecified atom stereocenters. The van der Waals surface area contributed by atoms with Gasteiger partial charge in [-0.3, -0.25) is 9.13 Å². The van der Waals surface area contributed by atoms with E-state index in [2.05, 4.69) is 128 Å². The van der Waals surface area contributed by atoms with Crippen LogP contribution in [0.5, 0.6) is 0 Å². The molecule has 2 nitrogen and oxygen atoms in total. The van der Waals surface area contributed by atoms with Gasteiger partial charge in [0.2, 0.25) is 0 Å². The minimum atomic E-state index is 1.07. The van der Waals surface area contributed by atoms with Crippen molar-refractivity contribution in [2.24, 2.45) is 0 Å². The summed E-state index contributed by atoms with van der Waals surface area (Å²) in [5.74, 6) is 0. The fourth-order valence-corrected chi connectivity index (χ4v) is 4.80. The fourth-order valence-electron chi connectivity index (χ4n) is 4.41. The van der Waals surface area contributed by atoms with E-state index < -0.39 is 0 Å². The van der Waals surface area contributed by atoms with Crippen LogP contribution in [0.15, 0.2) is 108 Å². The molecule has 0 N–H and O–H groups in total. The highest BCUT2D eigenvalue weighted by Crippen LogP contribution is 2.40. The Bertz CT molecular complexity index is 1510. The van der Waals surface area contributed by atoms with Crippen molar-refractivity contribution in [2.45, 2.75) is 0 Å². The Morgan fingerprint density at radius 2 is 1.07 bits per heavy atom. The highest BCUT2D eigenvalue weighted by atomic mass is 79.9. The SMILES string of the molecule is Brc1cccc(-n2c3ccccc3c3c4ccccc4n(-c4ccccc4)c32)c1. The minimum absolute atomic E-state index is 1.07. The van der Waals surface area contributed by atoms with Crippen LogP contribution in [0, 0.1) is 0 Å². The number of benzene rings is 4. The standard InChI is InChI=1S/C26H17BrN2/c27-18-9-8-12-20(17-18)29-24-16-7-5-14-22(24)25-21-13-4-6-15-23(21)28(26(25)29)19-10-2-1-3-11-19/h1-17H. The molecule has 6 aromatic rings. The zero-order valence-electron chi connectivity index (χ0n) is 15.6. The Morgan fingerprint density at radius 1 is 0.517 bits per heavy atom. The van der Waals surface area contributed by atoms with E-state index in [0.717, 1.165) is 15.8 Å². The Kier molecular flexibility index (Phi) is 3.65. The van der Waals surface area contributed by atoms with Crippen molar-refractivity contribution in [1.29, 1.82) is 0 Å². The van der Waals surface area contributed by atoms with Crippen LogP contribution in [-0.4, -0.2) is 9.13 Å². The summed E-state index contributed by atoms with van der Waals surface area (Å²) in [6.45, 7) is 0. The average molecular weight is 437 g/mol. The first-order chi connectivity index (χ1) is 14.3. The van der Waals surface area contributed by atoms with Crippen LogP contribution in [-0.2, 0) is 0 Å². The van der Waals surface area contributed by atoms with Gasteiger partial charge in [0, 0.05) is 32.0 Å². The highest BCUT2D eigenvalue weighted by molar-refractivity contribution is 9.10. The van der Waals surface area contributed by atoms with Gasteiger partial charge in [-0.05, 0) is 42.5 Å². The molecule has 6 rings (SSSR count). The first-order valence-corrected chi connectivity index (χ1v) is 10.5. The molecule has 0 fully saturated rings. The van der Waals surface area contributed by atoms with Gasteiger partial charge in [-0.1, -0.05) is 76.6 Å². The summed E-state index contributed by atoms with van der Waals surface area (Å²) < 4.78 is 5.83. The van der Waals surface area contributed by atoms with Crippen molar-refractivity contribution in [1.82, 2.24) is 9.13 Å². The quantitative estimate of drug-likeness (QED) is 0.266. The Balaban J connectivity index is 1.91. The summed E-state index contributed by atoms with van der Waals surface area (Å²) in [5.41, 5.74) is 5.93. The van der Waals surface area contributed by atoms with Crippen LogP contribution < -0.4 is 0 Å². The number of hydrogen-bond donors (Lipinski definition) is 0. The van der Waals surface area contributed by atoms with Gasteiger partial charge in [-0.15, -0.1) is 0 Å². The summed E-state index contributed by atoms with van der Waals surface area (Å²) in [5, 5.41) is 3.84. The summed E-state index contributed by atoms with van der Waals surface area (Å²) >= 11 is 3.65. The molecule has 0 saturated heterocycles. The zero-order chi connectivity index (χ0) is 19.4. The van der Waals surface area contributed by atoms with Crippen LogP contribution in [0.4, 0.5) is 0 Å². The van der Waals surface area contributed by atoms with Crippen LogP contribution in [0.1, 0.15) is 0 Å². The van der Waals surface area contributed by atoms with Gasteiger partial charge in [0.15, 0.2) is 0 Å². The Morgan fingerprint density at radius 3 is 1.72 bits per heavy atom. The maximum absolute atomic E-state index is 3.65. The molecule has 0 spiro atoms. The first kappa shape index (κ1) is 16.6. The van der Waals surface area contributed by atoms with Crippen molar-refractivity contribution < 1.29 is 0 Å². The average Bonchev–Trinajstić information content (AvgIpc) is 3.27. The van der Waals surface area contributed by atoms with Gasteiger partial charge in [0.05, 0.1) is 11.0 Å². The molecule has 0 radical (unpaired) electrons. The lowest BCUT2D eigenvalue weighted by Gasteiger charge is -2.13. The van der Waals surface area contributed by atoms with E-state index in [1.807, 2.05) is 0 Å². The second-order valence-corrected chi connectivity index (χ2v) is 8.13. The van der Waals surface area contributed by atoms with E-state index in [-0.39, 0.29) is 0 Å². The molecule has 29 heavy (non-hydrogen) atoms. The second-order valence-electron chi connectivity index (χ2n) is 7.22. The van der Waals surface area contributed by atoms with Crippen molar-refractivity contribution in [3.05, 3.63) is 108 Å². The molecular weight excluding hydrogens is 420 g/mol. The molecule has 0 atom stereocenters. The highest BCUT2D eigenvalue weighted by Gasteiger charge is 2.21. The Hall–Kier alpha value is -3.30. The van der Waals surface area contributed by atoms with Crippen molar-refractivity contribution in [3.8, 4) is 11.4 Å². The van der Waals surface area contributed by atoms with Crippen LogP contribution in [0.2, 0.25) is 0 Å². The maximum atomic E-state index is 3.65. The molecule has 0 bridgehead atoms. The third-order valence-electron chi connectivity index (χ3n) is 5.56. The number of hydrogen-bond acceptors (Lipinski definition) is 0. The molecule has 3 heteroatoms. The second kappa shape index (κ2) is 6.36. The molecule has 0 amide bonds. The van der Waals surface area contributed by atoms with Gasteiger partial charge in [-0.25, -0.2) is 0 Å². The van der Waals surface area contributed by atoms with Crippen LogP contribution in [0.3, 0.4) is 0 Å². The number of aromatic nitrogens is 2. The molecule has 0 aliphatic carbocycles. The minimum Gasteiger partial charge on any atom is -0.295 e. The largest absolute Gasteiger partial charge is 0.295 e. The zero-order valence-corrected chi connectivity index (χ0v) is 17.2. The topological polar surface area (TPSA) is 9.86 Å². The van der Waals surface area contributed by atoms with Crippen LogP contribution in [0.25, 0.3) is 44.2 Å². The molecule has 0 aliphatic rings. The number of fused-ring (bicyclic) bond motifs is 5. The number of para-hydroxylation sites is 3. The molecular formula is C26H17BrN2. The van der Waals surface area contributed by atoms with E-state index in [0.29, 0.717) is 0 Å². The third-order valence-corrected chi connectivity index (χ3v) is 6.05. The maximum Gasteiger partial charge on any atom is 0.131 e. The number of rotatable bonds is 2. The van der Waals surface area contributed by atoms with Gasteiger partial charge in [0.1, 0.15) is 5.65 Å². The van der Waals surface area contributed by atoms with Crippen molar-refractivity contribution >= 4 is 48.8 Å². The van der Waals surface area contributed by atoms with E-state index in [9.17, 15) is 0 Å². The smallest absolute Gasteiger partial charge is 0.131 e. The van der Waals surface area contributed by atoms with E-state index in [1.165, 1.54) is 32.8 Å². The monoisotopic (exact) mass is 436 g/mol. The van der Waals surface area contributed by atoms with Gasteiger partial charge >= 0.3 is 0 Å². The molecule has 138 valence electrons. The molecule has 4 aromatic carbocycles. The predicted octanol–water partition coefficient (Wildman–Crippen LogP) is 7.49. The summed E-state index contributed by atoms with van der Waals surface area (Å²) in [4.78, 5) is 0. The number of nitrogens with zero attached hydrogens (tertiary/aromatic N) is 2. The Labute approximate surface area is 176 Å². The lowest BCUT2D eigenvalue weighted by Crippen LogP contribution is -2.01. The fraction of sp³-hybridized carbons (Fsp3) is 0. The summed E-state index contributed by atoms with van der Waals surface area (Å²) in [7, 11) is 0. The lowest BCUT2D eigenvalue weighted by atomic mass is 10.1.